The first kappa shape index (κ1) is 30.7. The summed E-state index contributed by atoms with van der Waals surface area (Å²) in [5.41, 5.74) is 1.05. The van der Waals surface area contributed by atoms with Crippen LogP contribution in [-0.4, -0.2) is 29.8 Å². The Morgan fingerprint density at radius 3 is 1.82 bits per heavy atom. The van der Waals surface area contributed by atoms with E-state index in [0.717, 1.165) is 16.2 Å². The second-order valence-electron chi connectivity index (χ2n) is 9.12. The molecule has 38 heavy (non-hydrogen) atoms. The molecule has 0 atom stereocenters. The van der Waals surface area contributed by atoms with Gasteiger partial charge >= 0.3 is 12.1 Å². The Balaban J connectivity index is 0.000000383. The maximum absolute atomic E-state index is 12.4. The molecule has 0 unspecified atom stereocenters. The zero-order chi connectivity index (χ0) is 28.1. The van der Waals surface area contributed by atoms with E-state index in [1.54, 1.807) is 52.3 Å². The number of hydrogen-bond donors (Lipinski definition) is 2. The summed E-state index contributed by atoms with van der Waals surface area (Å²) < 4.78 is 6.68. The molecule has 0 radical (unpaired) electrons. The van der Waals surface area contributed by atoms with Crippen LogP contribution in [0.25, 0.3) is 0 Å². The lowest BCUT2D eigenvalue weighted by atomic mass is 10.1. The van der Waals surface area contributed by atoms with Gasteiger partial charge in [0.05, 0.1) is 14.4 Å². The number of benzene rings is 3. The van der Waals surface area contributed by atoms with Crippen molar-refractivity contribution >= 4 is 77.2 Å². The van der Waals surface area contributed by atoms with Gasteiger partial charge in [0.15, 0.2) is 0 Å². The number of phenolic OH excluding ortho intramolecular Hbond substituents is 1. The van der Waals surface area contributed by atoms with Gasteiger partial charge in [-0.2, -0.15) is 0 Å². The van der Waals surface area contributed by atoms with Crippen molar-refractivity contribution in [1.82, 2.24) is 5.32 Å². The molecule has 0 spiro atoms. The van der Waals surface area contributed by atoms with Crippen LogP contribution in [0.15, 0.2) is 72.8 Å². The Morgan fingerprint density at radius 2 is 1.37 bits per heavy atom. The van der Waals surface area contributed by atoms with Crippen molar-refractivity contribution in [1.29, 1.82) is 0 Å². The van der Waals surface area contributed by atoms with E-state index < -0.39 is 8.88 Å². The lowest BCUT2D eigenvalue weighted by Crippen LogP contribution is -2.30. The molecule has 202 valence electrons. The third-order valence-corrected chi connectivity index (χ3v) is 36.2. The molecule has 2 N–H and O–H groups in total. The normalized spacial score (nSPS) is 20.2. The first-order valence-electron chi connectivity index (χ1n) is 11.5. The van der Waals surface area contributed by atoms with Gasteiger partial charge < -0.3 is 19.9 Å². The van der Waals surface area contributed by atoms with Crippen LogP contribution in [0.5, 0.6) is 11.5 Å². The molecule has 0 bridgehead atoms. The molecule has 1 saturated heterocycles. The molecular weight excluding hydrogens is 597 g/mol. The number of amides is 1. The smallest absolute Gasteiger partial charge is 0.407 e. The number of carbonyl (C=O) groups is 2. The van der Waals surface area contributed by atoms with Crippen molar-refractivity contribution in [3.05, 3.63) is 83.9 Å². The fourth-order valence-corrected chi connectivity index (χ4v) is 45.4. The predicted molar refractivity (Wildman–Crippen MR) is 169 cm³/mol. The monoisotopic (exact) mass is 625 g/mol. The summed E-state index contributed by atoms with van der Waals surface area (Å²) in [4.78, 5) is 22.9. The molecule has 3 aromatic carbocycles. The Kier molecular flexibility index (Phi) is 10.2. The minimum absolute atomic E-state index is 0.237. The Morgan fingerprint density at radius 1 is 0.868 bits per heavy atom. The Bertz CT molecular complexity index is 1390. The SMILES string of the molecule is CNC(=O)OC(C)(C)C.Cc1ccccc1C(=O)Oc1ccc(P2(=S)SP(=S)(c3ccc(O)cc3)S2)cc1. The Hall–Kier alpha value is -1.80. The van der Waals surface area contributed by atoms with Gasteiger partial charge in [-0.3, -0.25) is 0 Å². The molecule has 1 fully saturated rings. The van der Waals surface area contributed by atoms with Gasteiger partial charge in [-0.05, 0) is 87.9 Å². The molecule has 1 amide bonds. The van der Waals surface area contributed by atoms with Crippen LogP contribution in [-0.2, 0) is 28.4 Å². The number of rotatable bonds is 4. The molecule has 1 heterocycles. The van der Waals surface area contributed by atoms with Gasteiger partial charge in [0.1, 0.15) is 17.1 Å². The number of ether oxygens (including phenoxy) is 2. The van der Waals surface area contributed by atoms with E-state index >= 15 is 0 Å². The number of alkyl carbamates (subject to hydrolysis) is 1. The third-order valence-electron chi connectivity index (χ3n) is 4.93. The number of nitrogens with one attached hydrogen (secondary N) is 1. The van der Waals surface area contributed by atoms with Crippen molar-refractivity contribution in [2.45, 2.75) is 33.3 Å². The highest BCUT2D eigenvalue weighted by Gasteiger charge is 2.45. The van der Waals surface area contributed by atoms with Crippen LogP contribution in [0.4, 0.5) is 4.79 Å². The molecule has 6 nitrogen and oxygen atoms in total. The van der Waals surface area contributed by atoms with E-state index in [1.807, 2.05) is 70.2 Å². The number of esters is 1. The van der Waals surface area contributed by atoms with Gasteiger partial charge in [0.25, 0.3) is 0 Å². The van der Waals surface area contributed by atoms with Crippen LogP contribution >= 0.6 is 30.9 Å². The quantitative estimate of drug-likeness (QED) is 0.179. The maximum Gasteiger partial charge on any atom is 0.407 e. The van der Waals surface area contributed by atoms with Crippen LogP contribution in [0, 0.1) is 6.92 Å². The van der Waals surface area contributed by atoms with E-state index in [4.69, 9.17) is 33.1 Å². The number of carbonyl (C=O) groups excluding carboxylic acids is 2. The lowest BCUT2D eigenvalue weighted by molar-refractivity contribution is 0.0541. The van der Waals surface area contributed by atoms with E-state index in [1.165, 1.54) is 7.05 Å². The van der Waals surface area contributed by atoms with Gasteiger partial charge in [0, 0.05) is 17.7 Å². The molecule has 0 saturated carbocycles. The predicted octanol–water partition coefficient (Wildman–Crippen LogP) is 7.11. The van der Waals surface area contributed by atoms with Gasteiger partial charge in [-0.1, -0.05) is 63.8 Å². The molecular formula is C26H29NO5P2S4. The molecule has 12 heteroatoms. The second kappa shape index (κ2) is 12.6. The summed E-state index contributed by atoms with van der Waals surface area (Å²) in [6, 6.07) is 21.9. The molecule has 0 aliphatic carbocycles. The highest BCUT2D eigenvalue weighted by Crippen LogP contribution is 3.04. The van der Waals surface area contributed by atoms with E-state index in [2.05, 4.69) is 5.32 Å². The van der Waals surface area contributed by atoms with Crippen molar-refractivity contribution < 1.29 is 24.2 Å². The maximum atomic E-state index is 12.4. The van der Waals surface area contributed by atoms with E-state index in [-0.39, 0.29) is 23.4 Å². The third kappa shape index (κ3) is 8.10. The average Bonchev–Trinajstić information content (AvgIpc) is 2.83. The summed E-state index contributed by atoms with van der Waals surface area (Å²) in [6.45, 7) is 7.35. The zero-order valence-electron chi connectivity index (χ0n) is 21.5. The summed E-state index contributed by atoms with van der Waals surface area (Å²) in [5, 5.41) is 14.0. The standard InChI is InChI=1S/C20H16O3P2S4.C6H13NO2/c1-14-4-2-3-5-19(14)20(22)23-16-8-12-18(13-9-16)25(27)28-24(26,29-25)17-10-6-15(21)7-11-17;1-6(2,3)9-5(8)7-4/h2-13,21H,1H3;1-4H3,(H,7,8). The zero-order valence-corrected chi connectivity index (χ0v) is 26.6. The summed E-state index contributed by atoms with van der Waals surface area (Å²) in [7, 11) is 1.54. The second-order valence-corrected chi connectivity index (χ2v) is 30.4. The largest absolute Gasteiger partial charge is 0.508 e. The number of phenols is 1. The lowest BCUT2D eigenvalue weighted by Gasteiger charge is -2.40. The highest BCUT2D eigenvalue weighted by molar-refractivity contribution is 9.48. The summed E-state index contributed by atoms with van der Waals surface area (Å²) in [5.74, 6) is 0.368. The summed E-state index contributed by atoms with van der Waals surface area (Å²) >= 11 is 15.3. The first-order chi connectivity index (χ1) is 17.7. The number of aryl methyl sites for hydroxylation is 1. The number of hydrogen-bond acceptors (Lipinski definition) is 9. The van der Waals surface area contributed by atoms with Crippen LogP contribution in [0.1, 0.15) is 36.7 Å². The fourth-order valence-electron chi connectivity index (χ4n) is 3.10. The minimum atomic E-state index is -1.86. The van der Waals surface area contributed by atoms with Gasteiger partial charge in [-0.25, -0.2) is 9.59 Å². The fraction of sp³-hybridized carbons (Fsp3) is 0.231. The Labute approximate surface area is 241 Å². The average molecular weight is 626 g/mol. The molecule has 1 aliphatic heterocycles. The van der Waals surface area contributed by atoms with Gasteiger partial charge in [-0.15, -0.1) is 0 Å². The van der Waals surface area contributed by atoms with Crippen molar-refractivity contribution in [3.63, 3.8) is 0 Å². The van der Waals surface area contributed by atoms with E-state index in [9.17, 15) is 14.7 Å². The van der Waals surface area contributed by atoms with Gasteiger partial charge in [0.2, 0.25) is 0 Å². The van der Waals surface area contributed by atoms with Crippen LogP contribution < -0.4 is 20.7 Å². The number of aromatic hydroxyl groups is 1. The van der Waals surface area contributed by atoms with Crippen molar-refractivity contribution in [2.24, 2.45) is 0 Å². The van der Waals surface area contributed by atoms with Crippen molar-refractivity contribution in [2.75, 3.05) is 7.05 Å². The molecule has 1 aliphatic rings. The summed E-state index contributed by atoms with van der Waals surface area (Å²) in [6.07, 6.45) is -0.387. The molecule has 3 aromatic rings. The molecule has 4 rings (SSSR count). The van der Waals surface area contributed by atoms with E-state index in [0.29, 0.717) is 11.3 Å². The van der Waals surface area contributed by atoms with Crippen LogP contribution in [0.3, 0.4) is 0 Å². The molecule has 0 aromatic heterocycles. The van der Waals surface area contributed by atoms with Crippen LogP contribution in [0.2, 0.25) is 0 Å². The van der Waals surface area contributed by atoms with Crippen molar-refractivity contribution in [3.8, 4) is 11.5 Å². The minimum Gasteiger partial charge on any atom is -0.508 e. The topological polar surface area (TPSA) is 84.9 Å². The first-order valence-corrected chi connectivity index (χ1v) is 21.1. The highest BCUT2D eigenvalue weighted by atomic mass is 33.7.